The molecule has 27 heavy (non-hydrogen) atoms. The number of ether oxygens (including phenoxy) is 1. The first kappa shape index (κ1) is 18.4. The fourth-order valence-electron chi connectivity index (χ4n) is 2.76. The van der Waals surface area contributed by atoms with Crippen molar-refractivity contribution in [2.75, 3.05) is 14.2 Å². The van der Waals surface area contributed by atoms with E-state index >= 15 is 0 Å². The second-order valence-electron chi connectivity index (χ2n) is 6.15. The Morgan fingerprint density at radius 1 is 1.04 bits per heavy atom. The van der Waals surface area contributed by atoms with Gasteiger partial charge in [-0.15, -0.1) is 0 Å². The van der Waals surface area contributed by atoms with Crippen molar-refractivity contribution in [1.29, 1.82) is 0 Å². The molecule has 1 amide bonds. The average molecular weight is 363 g/mol. The van der Waals surface area contributed by atoms with Crippen LogP contribution in [0.5, 0.6) is 5.75 Å². The number of benzene rings is 2. The normalized spacial score (nSPS) is 10.4. The number of hydrogen-bond donors (Lipinski definition) is 0. The van der Waals surface area contributed by atoms with Crippen LogP contribution in [-0.4, -0.2) is 34.7 Å². The van der Waals surface area contributed by atoms with E-state index in [1.165, 1.54) is 10.7 Å². The van der Waals surface area contributed by atoms with Crippen LogP contribution in [0.25, 0.3) is 11.3 Å². The van der Waals surface area contributed by atoms with Crippen LogP contribution in [0.3, 0.4) is 0 Å². The summed E-state index contributed by atoms with van der Waals surface area (Å²) in [6.07, 6.45) is 0. The number of carbonyl (C=O) groups excluding carboxylic acids is 1. The summed E-state index contributed by atoms with van der Waals surface area (Å²) in [5.74, 6) is 0.466. The highest BCUT2D eigenvalue weighted by molar-refractivity contribution is 5.75. The largest absolute Gasteiger partial charge is 0.496 e. The summed E-state index contributed by atoms with van der Waals surface area (Å²) < 4.78 is 6.54. The third kappa shape index (κ3) is 4.41. The van der Waals surface area contributed by atoms with Crippen molar-refractivity contribution in [3.05, 3.63) is 82.6 Å². The predicted octanol–water partition coefficient (Wildman–Crippen LogP) is 2.58. The Balaban J connectivity index is 1.80. The fourth-order valence-corrected chi connectivity index (χ4v) is 2.76. The van der Waals surface area contributed by atoms with Crippen LogP contribution in [-0.2, 0) is 17.9 Å². The molecule has 0 spiro atoms. The van der Waals surface area contributed by atoms with Gasteiger partial charge >= 0.3 is 0 Å². The van der Waals surface area contributed by atoms with Crippen LogP contribution in [0.2, 0.25) is 0 Å². The molecule has 0 saturated heterocycles. The zero-order chi connectivity index (χ0) is 19.2. The molecular formula is C21H21N3O3. The highest BCUT2D eigenvalue weighted by Crippen LogP contribution is 2.27. The first-order valence-electron chi connectivity index (χ1n) is 8.58. The first-order chi connectivity index (χ1) is 13.1. The Morgan fingerprint density at radius 3 is 2.48 bits per heavy atom. The molecule has 0 bridgehead atoms. The van der Waals surface area contributed by atoms with Gasteiger partial charge in [0.1, 0.15) is 12.3 Å². The quantitative estimate of drug-likeness (QED) is 0.675. The van der Waals surface area contributed by atoms with E-state index in [-0.39, 0.29) is 18.0 Å². The van der Waals surface area contributed by atoms with Crippen LogP contribution < -0.4 is 10.3 Å². The van der Waals surface area contributed by atoms with Crippen molar-refractivity contribution in [2.45, 2.75) is 13.1 Å². The molecule has 6 heteroatoms. The van der Waals surface area contributed by atoms with Gasteiger partial charge in [0, 0.05) is 25.2 Å². The van der Waals surface area contributed by atoms with Gasteiger partial charge in [0.05, 0.1) is 12.8 Å². The molecule has 0 saturated carbocycles. The minimum absolute atomic E-state index is 0.120. The molecule has 1 heterocycles. The number of methoxy groups -OCH3 is 1. The molecule has 0 aliphatic rings. The molecule has 3 rings (SSSR count). The smallest absolute Gasteiger partial charge is 0.267 e. The molecule has 3 aromatic rings. The van der Waals surface area contributed by atoms with Gasteiger partial charge in [0.25, 0.3) is 5.56 Å². The van der Waals surface area contributed by atoms with Crippen LogP contribution in [0.1, 0.15) is 5.56 Å². The molecule has 0 atom stereocenters. The lowest BCUT2D eigenvalue weighted by molar-refractivity contribution is -0.131. The molecule has 138 valence electrons. The Kier molecular flexibility index (Phi) is 5.66. The maximum absolute atomic E-state index is 12.5. The zero-order valence-corrected chi connectivity index (χ0v) is 15.3. The highest BCUT2D eigenvalue weighted by Gasteiger charge is 2.14. The van der Waals surface area contributed by atoms with Gasteiger partial charge in [-0.25, -0.2) is 4.68 Å². The van der Waals surface area contributed by atoms with Crippen molar-refractivity contribution in [1.82, 2.24) is 14.7 Å². The Bertz CT molecular complexity index is 983. The number of likely N-dealkylation sites (N-methyl/N-ethyl adjacent to an activating group) is 1. The fraction of sp³-hybridized carbons (Fsp3) is 0.190. The molecule has 0 aliphatic carbocycles. The minimum atomic E-state index is -0.324. The van der Waals surface area contributed by atoms with E-state index in [1.807, 2.05) is 54.6 Å². The molecule has 0 unspecified atom stereocenters. The average Bonchev–Trinajstić information content (AvgIpc) is 2.70. The van der Waals surface area contributed by atoms with Gasteiger partial charge in [-0.2, -0.15) is 5.10 Å². The minimum Gasteiger partial charge on any atom is -0.496 e. The highest BCUT2D eigenvalue weighted by atomic mass is 16.5. The monoisotopic (exact) mass is 363 g/mol. The van der Waals surface area contributed by atoms with Crippen LogP contribution in [0.15, 0.2) is 71.5 Å². The van der Waals surface area contributed by atoms with Crippen LogP contribution in [0, 0.1) is 0 Å². The SMILES string of the molecule is COc1ccccc1-c1ccc(=O)n(CC(=O)N(C)Cc2ccccc2)n1. The van der Waals surface area contributed by atoms with Crippen molar-refractivity contribution >= 4 is 5.91 Å². The van der Waals surface area contributed by atoms with Gasteiger partial charge in [0.15, 0.2) is 0 Å². The molecule has 0 N–H and O–H groups in total. The van der Waals surface area contributed by atoms with E-state index in [0.717, 1.165) is 11.1 Å². The number of para-hydroxylation sites is 1. The Morgan fingerprint density at radius 2 is 1.74 bits per heavy atom. The maximum Gasteiger partial charge on any atom is 0.267 e. The van der Waals surface area contributed by atoms with E-state index in [0.29, 0.717) is 18.0 Å². The van der Waals surface area contributed by atoms with Gasteiger partial charge in [-0.05, 0) is 23.8 Å². The molecule has 0 fully saturated rings. The number of carbonyl (C=O) groups is 1. The lowest BCUT2D eigenvalue weighted by Crippen LogP contribution is -2.34. The number of rotatable bonds is 6. The Labute approximate surface area is 157 Å². The summed E-state index contributed by atoms with van der Waals surface area (Å²) in [4.78, 5) is 26.3. The Hall–Kier alpha value is -3.41. The van der Waals surface area contributed by atoms with E-state index in [9.17, 15) is 9.59 Å². The standard InChI is InChI=1S/C21H21N3O3/c1-23(14-16-8-4-3-5-9-16)21(26)15-24-20(25)13-12-18(22-24)17-10-6-7-11-19(17)27-2/h3-13H,14-15H2,1-2H3. The van der Waals surface area contributed by atoms with Crippen molar-refractivity contribution < 1.29 is 9.53 Å². The molecule has 0 radical (unpaired) electrons. The van der Waals surface area contributed by atoms with Crippen molar-refractivity contribution in [3.63, 3.8) is 0 Å². The third-order valence-electron chi connectivity index (χ3n) is 4.22. The number of amides is 1. The van der Waals surface area contributed by atoms with Gasteiger partial charge in [0.2, 0.25) is 5.91 Å². The zero-order valence-electron chi connectivity index (χ0n) is 15.3. The third-order valence-corrected chi connectivity index (χ3v) is 4.22. The lowest BCUT2D eigenvalue weighted by Gasteiger charge is -2.18. The van der Waals surface area contributed by atoms with Gasteiger partial charge in [-0.3, -0.25) is 9.59 Å². The molecule has 0 aliphatic heterocycles. The van der Waals surface area contributed by atoms with Crippen LogP contribution >= 0.6 is 0 Å². The summed E-state index contributed by atoms with van der Waals surface area (Å²) in [6, 6.07) is 20.2. The number of aromatic nitrogens is 2. The molecule has 6 nitrogen and oxygen atoms in total. The number of hydrogen-bond acceptors (Lipinski definition) is 4. The van der Waals surface area contributed by atoms with Crippen molar-refractivity contribution in [3.8, 4) is 17.0 Å². The molecular weight excluding hydrogens is 342 g/mol. The van der Waals surface area contributed by atoms with E-state index in [1.54, 1.807) is 25.1 Å². The lowest BCUT2D eigenvalue weighted by atomic mass is 10.1. The summed E-state index contributed by atoms with van der Waals surface area (Å²) in [6.45, 7) is 0.353. The summed E-state index contributed by atoms with van der Waals surface area (Å²) >= 11 is 0. The summed E-state index contributed by atoms with van der Waals surface area (Å²) in [5, 5.41) is 4.36. The summed E-state index contributed by atoms with van der Waals surface area (Å²) in [5.41, 5.74) is 2.04. The van der Waals surface area contributed by atoms with Crippen LogP contribution in [0.4, 0.5) is 0 Å². The van der Waals surface area contributed by atoms with Gasteiger partial charge < -0.3 is 9.64 Å². The van der Waals surface area contributed by atoms with E-state index in [2.05, 4.69) is 5.10 Å². The van der Waals surface area contributed by atoms with E-state index in [4.69, 9.17) is 4.74 Å². The first-order valence-corrected chi connectivity index (χ1v) is 8.58. The van der Waals surface area contributed by atoms with E-state index < -0.39 is 0 Å². The predicted molar refractivity (Wildman–Crippen MR) is 103 cm³/mol. The maximum atomic E-state index is 12.5. The number of nitrogens with zero attached hydrogens (tertiary/aromatic N) is 3. The summed E-state index contributed by atoms with van der Waals surface area (Å²) in [7, 11) is 3.29. The van der Waals surface area contributed by atoms with Crippen molar-refractivity contribution in [2.24, 2.45) is 0 Å². The topological polar surface area (TPSA) is 64.4 Å². The second kappa shape index (κ2) is 8.31. The second-order valence-corrected chi connectivity index (χ2v) is 6.15. The molecule has 2 aromatic carbocycles. The van der Waals surface area contributed by atoms with Gasteiger partial charge in [-0.1, -0.05) is 42.5 Å². The molecule has 1 aromatic heterocycles.